The van der Waals surface area contributed by atoms with Crippen LogP contribution in [0.25, 0.3) is 11.3 Å². The standard InChI is InChI=1S/C21H21F2N5O3S/c1-12(2)28-7-8-31-20-16(22)9-13(10-18(20)28)19-17(23)11-25-21(27-19)26-14-3-5-15(6-4-14)32(24,29)30/h3-6,9-12H,7-8H2,1-2H3,(H2,24,29,30)(H,25,26,27). The number of hydrogen-bond acceptors (Lipinski definition) is 7. The maximum absolute atomic E-state index is 14.8. The first-order valence-electron chi connectivity index (χ1n) is 9.79. The highest BCUT2D eigenvalue weighted by Crippen LogP contribution is 2.39. The van der Waals surface area contributed by atoms with Crippen molar-refractivity contribution in [2.24, 2.45) is 5.14 Å². The van der Waals surface area contributed by atoms with Crippen molar-refractivity contribution in [2.45, 2.75) is 24.8 Å². The predicted molar refractivity (Wildman–Crippen MR) is 116 cm³/mol. The first kappa shape index (κ1) is 21.9. The molecule has 11 heteroatoms. The summed E-state index contributed by atoms with van der Waals surface area (Å²) >= 11 is 0. The van der Waals surface area contributed by atoms with E-state index in [4.69, 9.17) is 9.88 Å². The smallest absolute Gasteiger partial charge is 0.238 e. The molecule has 0 saturated heterocycles. The van der Waals surface area contributed by atoms with Gasteiger partial charge in [0.1, 0.15) is 12.3 Å². The molecule has 2 aromatic carbocycles. The van der Waals surface area contributed by atoms with Gasteiger partial charge in [-0.05, 0) is 50.2 Å². The van der Waals surface area contributed by atoms with Crippen molar-refractivity contribution in [3.8, 4) is 17.0 Å². The summed E-state index contributed by atoms with van der Waals surface area (Å²) in [7, 11) is -3.82. The summed E-state index contributed by atoms with van der Waals surface area (Å²) in [4.78, 5) is 10.0. The summed E-state index contributed by atoms with van der Waals surface area (Å²) in [5.74, 6) is -1.13. The molecule has 0 unspecified atom stereocenters. The fraction of sp³-hybridized carbons (Fsp3) is 0.238. The summed E-state index contributed by atoms with van der Waals surface area (Å²) < 4.78 is 57.6. The Bertz CT molecular complexity index is 1270. The molecule has 168 valence electrons. The Morgan fingerprint density at radius 3 is 2.53 bits per heavy atom. The number of hydrogen-bond donors (Lipinski definition) is 2. The van der Waals surface area contributed by atoms with E-state index in [2.05, 4.69) is 15.3 Å². The normalized spacial score (nSPS) is 13.6. The third kappa shape index (κ3) is 4.34. The highest BCUT2D eigenvalue weighted by molar-refractivity contribution is 7.89. The average Bonchev–Trinajstić information content (AvgIpc) is 2.74. The number of rotatable bonds is 5. The van der Waals surface area contributed by atoms with Crippen LogP contribution in [0.5, 0.6) is 5.75 Å². The first-order chi connectivity index (χ1) is 15.1. The molecule has 0 aliphatic carbocycles. The van der Waals surface area contributed by atoms with E-state index in [0.29, 0.717) is 24.5 Å². The molecule has 1 aliphatic rings. The lowest BCUT2D eigenvalue weighted by atomic mass is 10.1. The van der Waals surface area contributed by atoms with Crippen molar-refractivity contribution in [1.82, 2.24) is 9.97 Å². The van der Waals surface area contributed by atoms with Crippen LogP contribution in [0.1, 0.15) is 13.8 Å². The Balaban J connectivity index is 1.69. The summed E-state index contributed by atoms with van der Waals surface area (Å²) in [5.41, 5.74) is 1.16. The lowest BCUT2D eigenvalue weighted by Gasteiger charge is -2.34. The van der Waals surface area contributed by atoms with E-state index in [0.717, 1.165) is 6.20 Å². The molecule has 0 amide bonds. The van der Waals surface area contributed by atoms with Crippen molar-refractivity contribution >= 4 is 27.3 Å². The number of benzene rings is 2. The molecule has 3 N–H and O–H groups in total. The van der Waals surface area contributed by atoms with Gasteiger partial charge in [-0.3, -0.25) is 0 Å². The SMILES string of the molecule is CC(C)N1CCOc2c(F)cc(-c3nc(Nc4ccc(S(N)(=O)=O)cc4)ncc3F)cc21. The molecule has 0 spiro atoms. The van der Waals surface area contributed by atoms with Gasteiger partial charge >= 0.3 is 0 Å². The lowest BCUT2D eigenvalue weighted by Crippen LogP contribution is -2.38. The molecule has 8 nitrogen and oxygen atoms in total. The number of primary sulfonamides is 1. The minimum absolute atomic E-state index is 0.0507. The molecule has 0 fully saturated rings. The number of nitrogens with one attached hydrogen (secondary N) is 1. The third-order valence-corrected chi connectivity index (χ3v) is 5.92. The molecule has 2 heterocycles. The quantitative estimate of drug-likeness (QED) is 0.599. The van der Waals surface area contributed by atoms with Crippen LogP contribution >= 0.6 is 0 Å². The summed E-state index contributed by atoms with van der Waals surface area (Å²) in [6.45, 7) is 4.91. The Morgan fingerprint density at radius 2 is 1.88 bits per heavy atom. The van der Waals surface area contributed by atoms with Crippen molar-refractivity contribution in [1.29, 1.82) is 0 Å². The van der Waals surface area contributed by atoms with Crippen LogP contribution in [-0.2, 0) is 10.0 Å². The maximum Gasteiger partial charge on any atom is 0.238 e. The largest absolute Gasteiger partial charge is 0.486 e. The van der Waals surface area contributed by atoms with E-state index in [1.54, 1.807) is 6.07 Å². The molecular formula is C21H21F2N5O3S. The second-order valence-electron chi connectivity index (χ2n) is 7.53. The van der Waals surface area contributed by atoms with Crippen molar-refractivity contribution < 1.29 is 21.9 Å². The number of ether oxygens (including phenoxy) is 1. The number of fused-ring (bicyclic) bond motifs is 1. The number of sulfonamides is 1. The van der Waals surface area contributed by atoms with E-state index < -0.39 is 21.7 Å². The van der Waals surface area contributed by atoms with Crippen molar-refractivity contribution in [3.63, 3.8) is 0 Å². The lowest BCUT2D eigenvalue weighted by molar-refractivity contribution is 0.287. The molecular weight excluding hydrogens is 440 g/mol. The molecule has 0 saturated carbocycles. The zero-order valence-corrected chi connectivity index (χ0v) is 18.2. The van der Waals surface area contributed by atoms with Crippen LogP contribution < -0.4 is 20.1 Å². The Kier molecular flexibility index (Phi) is 5.70. The highest BCUT2D eigenvalue weighted by atomic mass is 32.2. The topological polar surface area (TPSA) is 110 Å². The van der Waals surface area contributed by atoms with Gasteiger partial charge in [0.25, 0.3) is 0 Å². The molecule has 4 rings (SSSR count). The Hall–Kier alpha value is -3.31. The van der Waals surface area contributed by atoms with Crippen LogP contribution in [0.4, 0.5) is 26.1 Å². The zero-order chi connectivity index (χ0) is 23.0. The molecule has 32 heavy (non-hydrogen) atoms. The maximum atomic E-state index is 14.8. The van der Waals surface area contributed by atoms with Gasteiger partial charge < -0.3 is 15.0 Å². The monoisotopic (exact) mass is 461 g/mol. The van der Waals surface area contributed by atoms with Crippen LogP contribution in [0.3, 0.4) is 0 Å². The summed E-state index contributed by atoms with van der Waals surface area (Å²) in [6.07, 6.45) is 0.984. The summed E-state index contributed by atoms with van der Waals surface area (Å²) in [6, 6.07) is 8.51. The van der Waals surface area contributed by atoms with Gasteiger partial charge in [-0.2, -0.15) is 0 Å². The van der Waals surface area contributed by atoms with E-state index in [1.807, 2.05) is 18.7 Å². The predicted octanol–water partition coefficient (Wildman–Crippen LogP) is 3.42. The van der Waals surface area contributed by atoms with Crippen LogP contribution in [0.2, 0.25) is 0 Å². The van der Waals surface area contributed by atoms with Gasteiger partial charge in [0.15, 0.2) is 17.4 Å². The van der Waals surface area contributed by atoms with Gasteiger partial charge in [-0.25, -0.2) is 32.3 Å². The molecule has 1 aromatic heterocycles. The van der Waals surface area contributed by atoms with Crippen LogP contribution in [0.15, 0.2) is 47.5 Å². The van der Waals surface area contributed by atoms with Crippen LogP contribution in [-0.4, -0.2) is 37.6 Å². The summed E-state index contributed by atoms with van der Waals surface area (Å²) in [5, 5.41) is 7.96. The van der Waals surface area contributed by atoms with Gasteiger partial charge in [-0.1, -0.05) is 0 Å². The van der Waals surface area contributed by atoms with Gasteiger partial charge in [0, 0.05) is 17.3 Å². The number of nitrogens with two attached hydrogens (primary N) is 1. The Labute approximate surface area is 184 Å². The Morgan fingerprint density at radius 1 is 1.16 bits per heavy atom. The highest BCUT2D eigenvalue weighted by Gasteiger charge is 2.25. The minimum atomic E-state index is -3.82. The molecule has 0 radical (unpaired) electrons. The molecule has 3 aromatic rings. The van der Waals surface area contributed by atoms with E-state index in [9.17, 15) is 17.2 Å². The molecule has 0 atom stereocenters. The fourth-order valence-electron chi connectivity index (χ4n) is 3.46. The second kappa shape index (κ2) is 8.32. The van der Waals surface area contributed by atoms with Gasteiger partial charge in [0.2, 0.25) is 16.0 Å². The molecule has 1 aliphatic heterocycles. The van der Waals surface area contributed by atoms with E-state index in [1.165, 1.54) is 30.3 Å². The van der Waals surface area contributed by atoms with Gasteiger partial charge in [-0.15, -0.1) is 0 Å². The third-order valence-electron chi connectivity index (χ3n) is 4.99. The number of aromatic nitrogens is 2. The second-order valence-corrected chi connectivity index (χ2v) is 9.09. The van der Waals surface area contributed by atoms with Crippen LogP contribution in [0, 0.1) is 11.6 Å². The van der Waals surface area contributed by atoms with E-state index >= 15 is 0 Å². The van der Waals surface area contributed by atoms with Crippen molar-refractivity contribution in [3.05, 3.63) is 54.2 Å². The van der Waals surface area contributed by atoms with Gasteiger partial charge in [0.05, 0.1) is 23.3 Å². The average molecular weight is 461 g/mol. The van der Waals surface area contributed by atoms with E-state index in [-0.39, 0.29) is 33.9 Å². The first-order valence-corrected chi connectivity index (χ1v) is 11.3. The molecule has 0 bridgehead atoms. The number of anilines is 3. The zero-order valence-electron chi connectivity index (χ0n) is 17.3. The number of nitrogens with zero attached hydrogens (tertiary/aromatic N) is 3. The minimum Gasteiger partial charge on any atom is -0.486 e. The fourth-order valence-corrected chi connectivity index (χ4v) is 3.98. The number of halogens is 2. The van der Waals surface area contributed by atoms with Crippen molar-refractivity contribution in [2.75, 3.05) is 23.4 Å².